The number of aliphatic hydroxyl groups is 1. The minimum atomic E-state index is -0.773. The summed E-state index contributed by atoms with van der Waals surface area (Å²) >= 11 is 0. The number of methoxy groups -OCH3 is 1. The van der Waals surface area contributed by atoms with E-state index >= 15 is 0 Å². The summed E-state index contributed by atoms with van der Waals surface area (Å²) in [5.74, 6) is -0.713. The van der Waals surface area contributed by atoms with Crippen LogP contribution in [0.2, 0.25) is 0 Å². The van der Waals surface area contributed by atoms with E-state index in [4.69, 9.17) is 9.47 Å². The predicted octanol–water partition coefficient (Wildman–Crippen LogP) is 3.81. The van der Waals surface area contributed by atoms with Crippen LogP contribution in [0.5, 0.6) is 5.75 Å². The fourth-order valence-electron chi connectivity index (χ4n) is 4.41. The molecular weight excluding hydrogens is 408 g/mol. The van der Waals surface area contributed by atoms with Gasteiger partial charge in [-0.05, 0) is 54.7 Å². The maximum atomic E-state index is 13.1. The summed E-state index contributed by atoms with van der Waals surface area (Å²) in [6.45, 7) is 4.97. The summed E-state index contributed by atoms with van der Waals surface area (Å²) in [4.78, 5) is 32.0. The number of aromatic nitrogens is 1. The minimum Gasteiger partial charge on any atom is -0.507 e. The molecule has 2 atom stereocenters. The van der Waals surface area contributed by atoms with E-state index in [9.17, 15) is 14.7 Å². The van der Waals surface area contributed by atoms with E-state index in [1.165, 1.54) is 4.90 Å². The number of carbonyl (C=O) groups excluding carboxylic acids is 2. The van der Waals surface area contributed by atoms with Crippen LogP contribution < -0.4 is 4.74 Å². The first-order valence-corrected chi connectivity index (χ1v) is 10.9. The molecule has 0 radical (unpaired) electrons. The number of ketones is 1. The van der Waals surface area contributed by atoms with Gasteiger partial charge in [-0.2, -0.15) is 0 Å². The van der Waals surface area contributed by atoms with Crippen LogP contribution in [0.3, 0.4) is 0 Å². The second kappa shape index (κ2) is 9.12. The van der Waals surface area contributed by atoms with Crippen molar-refractivity contribution in [1.82, 2.24) is 9.88 Å². The third-order valence-corrected chi connectivity index (χ3v) is 6.06. The molecule has 0 bridgehead atoms. The van der Waals surface area contributed by atoms with Gasteiger partial charge < -0.3 is 19.5 Å². The molecule has 1 aromatic carbocycles. The standard InChI is InChI=1S/C25H28N2O5/c1-15(2)18-13-16(9-10-20(18)31-3)23(28)21-22(19-8-4-5-11-26-19)27(25(30)24(21)29)14-17-7-6-12-32-17/h4-5,8-11,13,15,17,22,28H,6-7,12,14H2,1-3H3/b23-21-. The number of aliphatic hydroxyl groups excluding tert-OH is 1. The molecule has 0 saturated carbocycles. The fourth-order valence-corrected chi connectivity index (χ4v) is 4.41. The van der Waals surface area contributed by atoms with Gasteiger partial charge in [0.2, 0.25) is 0 Å². The van der Waals surface area contributed by atoms with Gasteiger partial charge in [-0.15, -0.1) is 0 Å². The Kier molecular flexibility index (Phi) is 6.28. The zero-order chi connectivity index (χ0) is 22.8. The van der Waals surface area contributed by atoms with Crippen LogP contribution in [0.4, 0.5) is 0 Å². The van der Waals surface area contributed by atoms with Crippen molar-refractivity contribution in [3.8, 4) is 5.75 Å². The summed E-state index contributed by atoms with van der Waals surface area (Å²) in [6.07, 6.45) is 3.24. The van der Waals surface area contributed by atoms with Crippen molar-refractivity contribution in [2.45, 2.75) is 44.8 Å². The van der Waals surface area contributed by atoms with Crippen LogP contribution in [0.25, 0.3) is 5.76 Å². The largest absolute Gasteiger partial charge is 0.507 e. The molecule has 7 nitrogen and oxygen atoms in total. The second-order valence-electron chi connectivity index (χ2n) is 8.45. The molecule has 3 heterocycles. The smallest absolute Gasteiger partial charge is 0.295 e. The molecule has 2 fully saturated rings. The van der Waals surface area contributed by atoms with Crippen molar-refractivity contribution < 1.29 is 24.2 Å². The molecule has 0 aliphatic carbocycles. The van der Waals surface area contributed by atoms with Crippen LogP contribution in [0.1, 0.15) is 55.5 Å². The summed E-state index contributed by atoms with van der Waals surface area (Å²) in [5.41, 5.74) is 1.94. The first kappa shape index (κ1) is 22.0. The Morgan fingerprint density at radius 2 is 2.09 bits per heavy atom. The lowest BCUT2D eigenvalue weighted by atomic mass is 9.94. The van der Waals surface area contributed by atoms with Crippen LogP contribution in [-0.4, -0.2) is 53.0 Å². The molecule has 2 aromatic rings. The van der Waals surface area contributed by atoms with Crippen LogP contribution >= 0.6 is 0 Å². The van der Waals surface area contributed by atoms with E-state index in [0.717, 1.165) is 18.4 Å². The van der Waals surface area contributed by atoms with E-state index in [1.807, 2.05) is 19.9 Å². The molecule has 1 aromatic heterocycles. The molecule has 2 saturated heterocycles. The molecule has 1 N–H and O–H groups in total. The van der Waals surface area contributed by atoms with Gasteiger partial charge in [0.25, 0.3) is 11.7 Å². The van der Waals surface area contributed by atoms with Gasteiger partial charge in [0, 0.05) is 24.9 Å². The number of carbonyl (C=O) groups is 2. The van der Waals surface area contributed by atoms with E-state index in [1.54, 1.807) is 43.6 Å². The molecule has 0 spiro atoms. The molecule has 2 unspecified atom stereocenters. The lowest BCUT2D eigenvalue weighted by Crippen LogP contribution is -2.36. The number of benzene rings is 1. The molecule has 4 rings (SSSR count). The number of hydrogen-bond acceptors (Lipinski definition) is 6. The lowest BCUT2D eigenvalue weighted by Gasteiger charge is -2.26. The Morgan fingerprint density at radius 1 is 1.28 bits per heavy atom. The highest BCUT2D eigenvalue weighted by molar-refractivity contribution is 6.46. The molecule has 1 amide bonds. The number of rotatable bonds is 6. The fraction of sp³-hybridized carbons (Fsp3) is 0.400. The van der Waals surface area contributed by atoms with Crippen molar-refractivity contribution in [3.63, 3.8) is 0 Å². The van der Waals surface area contributed by atoms with E-state index in [-0.39, 0.29) is 29.9 Å². The van der Waals surface area contributed by atoms with Crippen molar-refractivity contribution in [3.05, 3.63) is 65.0 Å². The zero-order valence-electron chi connectivity index (χ0n) is 18.6. The maximum Gasteiger partial charge on any atom is 0.295 e. The third kappa shape index (κ3) is 4.00. The molecule has 168 valence electrons. The first-order valence-electron chi connectivity index (χ1n) is 10.9. The summed E-state index contributed by atoms with van der Waals surface area (Å²) in [6, 6.07) is 9.84. The van der Waals surface area contributed by atoms with E-state index < -0.39 is 17.7 Å². The highest BCUT2D eigenvalue weighted by Crippen LogP contribution is 2.40. The van der Waals surface area contributed by atoms with Crippen molar-refractivity contribution in [2.24, 2.45) is 0 Å². The number of amides is 1. The van der Waals surface area contributed by atoms with Gasteiger partial charge in [0.1, 0.15) is 17.6 Å². The average Bonchev–Trinajstić information content (AvgIpc) is 3.41. The van der Waals surface area contributed by atoms with Crippen LogP contribution in [0.15, 0.2) is 48.2 Å². The Hall–Kier alpha value is -3.19. The van der Waals surface area contributed by atoms with E-state index in [2.05, 4.69) is 4.98 Å². The second-order valence-corrected chi connectivity index (χ2v) is 8.45. The van der Waals surface area contributed by atoms with Gasteiger partial charge in [-0.1, -0.05) is 19.9 Å². The van der Waals surface area contributed by atoms with Crippen molar-refractivity contribution in [1.29, 1.82) is 0 Å². The Bertz CT molecular complexity index is 1040. The Labute approximate surface area is 187 Å². The average molecular weight is 437 g/mol. The van der Waals surface area contributed by atoms with Crippen LogP contribution in [-0.2, 0) is 14.3 Å². The highest BCUT2D eigenvalue weighted by atomic mass is 16.5. The quantitative estimate of drug-likeness (QED) is 0.421. The summed E-state index contributed by atoms with van der Waals surface area (Å²) in [7, 11) is 1.60. The van der Waals surface area contributed by atoms with Gasteiger partial charge in [-0.3, -0.25) is 14.6 Å². The number of ether oxygens (including phenoxy) is 2. The molecule has 32 heavy (non-hydrogen) atoms. The van der Waals surface area contributed by atoms with Gasteiger partial charge in [0.15, 0.2) is 0 Å². The monoisotopic (exact) mass is 436 g/mol. The van der Waals surface area contributed by atoms with Gasteiger partial charge in [-0.25, -0.2) is 0 Å². The normalized spacial score (nSPS) is 22.7. The molecule has 7 heteroatoms. The van der Waals surface area contributed by atoms with Crippen molar-refractivity contribution >= 4 is 17.4 Å². The highest BCUT2D eigenvalue weighted by Gasteiger charge is 2.47. The van der Waals surface area contributed by atoms with Gasteiger partial charge >= 0.3 is 0 Å². The minimum absolute atomic E-state index is 0.0477. The summed E-state index contributed by atoms with van der Waals surface area (Å²) < 4.78 is 11.1. The number of nitrogens with zero attached hydrogens (tertiary/aromatic N) is 2. The van der Waals surface area contributed by atoms with Crippen molar-refractivity contribution in [2.75, 3.05) is 20.3 Å². The number of hydrogen-bond donors (Lipinski definition) is 1. The molecule has 2 aliphatic rings. The summed E-state index contributed by atoms with van der Waals surface area (Å²) in [5, 5.41) is 11.3. The number of Topliss-reactive ketones (excluding diaryl/α,β-unsaturated/α-hetero) is 1. The zero-order valence-corrected chi connectivity index (χ0v) is 18.6. The predicted molar refractivity (Wildman–Crippen MR) is 119 cm³/mol. The van der Waals surface area contributed by atoms with E-state index in [0.29, 0.717) is 23.6 Å². The van der Waals surface area contributed by atoms with Crippen LogP contribution in [0, 0.1) is 0 Å². The lowest BCUT2D eigenvalue weighted by molar-refractivity contribution is -0.140. The Balaban J connectivity index is 1.83. The molecular formula is C25H28N2O5. The number of pyridine rings is 1. The van der Waals surface area contributed by atoms with Gasteiger partial charge in [0.05, 0.1) is 24.5 Å². The maximum absolute atomic E-state index is 13.1. The third-order valence-electron chi connectivity index (χ3n) is 6.06. The topological polar surface area (TPSA) is 89.0 Å². The first-order chi connectivity index (χ1) is 15.4. The number of likely N-dealkylation sites (tertiary alicyclic amines) is 1. The SMILES string of the molecule is COc1ccc(/C(O)=C2/C(=O)C(=O)N(CC3CCCO3)C2c2ccccn2)cc1C(C)C. The molecule has 2 aliphatic heterocycles. The Morgan fingerprint density at radius 3 is 2.72 bits per heavy atom.